The van der Waals surface area contributed by atoms with Gasteiger partial charge in [0.1, 0.15) is 11.6 Å². The van der Waals surface area contributed by atoms with E-state index in [-0.39, 0.29) is 12.0 Å². The largest absolute Gasteiger partial charge is 0.493 e. The van der Waals surface area contributed by atoms with Crippen molar-refractivity contribution in [2.24, 2.45) is 0 Å². The number of rotatable bonds is 10. The van der Waals surface area contributed by atoms with Crippen LogP contribution in [0.2, 0.25) is 0 Å². The molecular weight excluding hydrogens is 436 g/mol. The second-order valence-corrected chi connectivity index (χ2v) is 8.85. The van der Waals surface area contributed by atoms with Crippen molar-refractivity contribution >= 4 is 33.5 Å². The van der Waals surface area contributed by atoms with Gasteiger partial charge in [-0.05, 0) is 48.7 Å². The first kappa shape index (κ1) is 23.0. The van der Waals surface area contributed by atoms with E-state index in [2.05, 4.69) is 11.6 Å². The van der Waals surface area contributed by atoms with Gasteiger partial charge in [0.2, 0.25) is 5.91 Å². The number of benzene rings is 2. The van der Waals surface area contributed by atoms with Crippen LogP contribution in [-0.2, 0) is 16.1 Å². The molecule has 0 saturated carbocycles. The van der Waals surface area contributed by atoms with Gasteiger partial charge in [-0.3, -0.25) is 4.79 Å². The van der Waals surface area contributed by atoms with E-state index in [1.807, 2.05) is 47.4 Å². The van der Waals surface area contributed by atoms with Gasteiger partial charge >= 0.3 is 0 Å². The van der Waals surface area contributed by atoms with Gasteiger partial charge in [-0.1, -0.05) is 30.9 Å². The average Bonchev–Trinajstić information content (AvgIpc) is 3.50. The number of aromatic nitrogens is 1. The fourth-order valence-electron chi connectivity index (χ4n) is 3.77. The number of hydrogen-bond acceptors (Lipinski definition) is 6. The molecule has 172 valence electrons. The lowest BCUT2D eigenvalue weighted by atomic mass is 10.1. The number of ether oxygens (including phenoxy) is 3. The molecule has 0 radical (unpaired) electrons. The van der Waals surface area contributed by atoms with Crippen LogP contribution >= 0.6 is 11.3 Å². The van der Waals surface area contributed by atoms with Crippen LogP contribution < -0.4 is 9.47 Å². The van der Waals surface area contributed by atoms with E-state index in [0.717, 1.165) is 40.2 Å². The summed E-state index contributed by atoms with van der Waals surface area (Å²) in [6, 6.07) is 13.7. The zero-order chi connectivity index (χ0) is 23.0. The summed E-state index contributed by atoms with van der Waals surface area (Å²) in [5.74, 6) is 1.20. The summed E-state index contributed by atoms with van der Waals surface area (Å²) in [6.07, 6.45) is 7.13. The summed E-state index contributed by atoms with van der Waals surface area (Å²) in [4.78, 5) is 19.6. The number of thiazole rings is 1. The minimum absolute atomic E-state index is 0.0573. The number of amides is 1. The SMILES string of the molecule is C=CCOc1ccc(CN(CC2CCCO2)C(=O)/C=C/c2nc3ccccc3s2)cc1OC. The molecule has 1 fully saturated rings. The molecule has 2 heterocycles. The van der Waals surface area contributed by atoms with Crippen molar-refractivity contribution in [1.29, 1.82) is 0 Å². The van der Waals surface area contributed by atoms with Crippen molar-refractivity contribution in [2.75, 3.05) is 26.9 Å². The smallest absolute Gasteiger partial charge is 0.247 e. The third-order valence-corrected chi connectivity index (χ3v) is 6.40. The molecule has 1 aliphatic rings. The van der Waals surface area contributed by atoms with Gasteiger partial charge in [0.25, 0.3) is 0 Å². The standard InChI is InChI=1S/C26H28N2O4S/c1-3-14-32-22-11-10-19(16-23(22)30-2)17-28(18-20-7-6-15-31-20)26(29)13-12-25-27-21-8-4-5-9-24(21)33-25/h3-5,8-13,16,20H,1,6-7,14-15,17-18H2,2H3/b13-12+. The van der Waals surface area contributed by atoms with Gasteiger partial charge in [0, 0.05) is 25.8 Å². The maximum atomic E-state index is 13.2. The minimum atomic E-state index is -0.0734. The Balaban J connectivity index is 1.51. The number of carbonyl (C=O) groups is 1. The van der Waals surface area contributed by atoms with Gasteiger partial charge in [-0.25, -0.2) is 4.98 Å². The lowest BCUT2D eigenvalue weighted by Crippen LogP contribution is -2.35. The lowest BCUT2D eigenvalue weighted by Gasteiger charge is -2.25. The van der Waals surface area contributed by atoms with E-state index in [1.54, 1.807) is 36.7 Å². The van der Waals surface area contributed by atoms with Crippen LogP contribution in [0.1, 0.15) is 23.4 Å². The van der Waals surface area contributed by atoms with Crippen molar-refractivity contribution in [2.45, 2.75) is 25.5 Å². The van der Waals surface area contributed by atoms with Crippen molar-refractivity contribution < 1.29 is 19.0 Å². The summed E-state index contributed by atoms with van der Waals surface area (Å²) in [7, 11) is 1.61. The highest BCUT2D eigenvalue weighted by Crippen LogP contribution is 2.29. The molecule has 0 N–H and O–H groups in total. The van der Waals surface area contributed by atoms with Gasteiger partial charge < -0.3 is 19.1 Å². The number of fused-ring (bicyclic) bond motifs is 1. The van der Waals surface area contributed by atoms with Crippen molar-refractivity contribution in [1.82, 2.24) is 9.88 Å². The Morgan fingerprint density at radius 1 is 1.30 bits per heavy atom. The molecule has 1 aliphatic heterocycles. The second-order valence-electron chi connectivity index (χ2n) is 7.79. The zero-order valence-electron chi connectivity index (χ0n) is 18.7. The Hall–Kier alpha value is -3.16. The fraction of sp³-hybridized carbons (Fsp3) is 0.308. The first-order valence-corrected chi connectivity index (χ1v) is 11.8. The molecule has 1 amide bonds. The van der Waals surface area contributed by atoms with Crippen LogP contribution in [0.3, 0.4) is 0 Å². The second kappa shape index (κ2) is 11.1. The number of para-hydroxylation sites is 1. The highest BCUT2D eigenvalue weighted by molar-refractivity contribution is 7.19. The Morgan fingerprint density at radius 2 is 2.18 bits per heavy atom. The maximum Gasteiger partial charge on any atom is 0.247 e. The van der Waals surface area contributed by atoms with Crippen LogP contribution in [0.25, 0.3) is 16.3 Å². The monoisotopic (exact) mass is 464 g/mol. The minimum Gasteiger partial charge on any atom is -0.493 e. The highest BCUT2D eigenvalue weighted by Gasteiger charge is 2.22. The third-order valence-electron chi connectivity index (χ3n) is 5.40. The molecule has 1 saturated heterocycles. The summed E-state index contributed by atoms with van der Waals surface area (Å²) in [5.41, 5.74) is 1.90. The molecule has 33 heavy (non-hydrogen) atoms. The van der Waals surface area contributed by atoms with Crippen LogP contribution in [0.4, 0.5) is 0 Å². The molecular formula is C26H28N2O4S. The molecule has 0 bridgehead atoms. The Kier molecular flexibility index (Phi) is 7.75. The predicted molar refractivity (Wildman–Crippen MR) is 132 cm³/mol. The quantitative estimate of drug-likeness (QED) is 0.309. The van der Waals surface area contributed by atoms with Gasteiger partial charge in [0.05, 0.1) is 23.4 Å². The van der Waals surface area contributed by atoms with Crippen molar-refractivity contribution in [3.05, 3.63) is 71.8 Å². The number of nitrogens with zero attached hydrogens (tertiary/aromatic N) is 2. The Labute approximate surface area is 198 Å². The third kappa shape index (κ3) is 6.00. The first-order valence-electron chi connectivity index (χ1n) is 11.0. The summed E-state index contributed by atoms with van der Waals surface area (Å²) >= 11 is 1.57. The molecule has 1 unspecified atom stereocenters. The Morgan fingerprint density at radius 3 is 2.94 bits per heavy atom. The number of hydrogen-bond donors (Lipinski definition) is 0. The normalized spacial score (nSPS) is 15.7. The van der Waals surface area contributed by atoms with Crippen molar-refractivity contribution in [3.63, 3.8) is 0 Å². The van der Waals surface area contributed by atoms with Gasteiger partial charge in [-0.2, -0.15) is 0 Å². The zero-order valence-corrected chi connectivity index (χ0v) is 19.6. The van der Waals surface area contributed by atoms with E-state index in [4.69, 9.17) is 14.2 Å². The lowest BCUT2D eigenvalue weighted by molar-refractivity contribution is -0.128. The molecule has 0 spiro atoms. The van der Waals surface area contributed by atoms with Crippen LogP contribution in [0.5, 0.6) is 11.5 Å². The van der Waals surface area contributed by atoms with E-state index >= 15 is 0 Å². The Bertz CT molecular complexity index is 1100. The van der Waals surface area contributed by atoms with E-state index < -0.39 is 0 Å². The summed E-state index contributed by atoms with van der Waals surface area (Å²) in [5, 5.41) is 0.812. The first-order chi connectivity index (χ1) is 16.2. The van der Waals surface area contributed by atoms with Gasteiger partial charge in [-0.15, -0.1) is 11.3 Å². The number of carbonyl (C=O) groups excluding carboxylic acids is 1. The molecule has 3 aromatic rings. The molecule has 1 aromatic heterocycles. The molecule has 1 atom stereocenters. The molecule has 2 aromatic carbocycles. The maximum absolute atomic E-state index is 13.2. The predicted octanol–water partition coefficient (Wildman–Crippen LogP) is 5.09. The van der Waals surface area contributed by atoms with Crippen LogP contribution in [-0.4, -0.2) is 48.8 Å². The molecule has 6 nitrogen and oxygen atoms in total. The molecule has 0 aliphatic carbocycles. The van der Waals surface area contributed by atoms with Crippen LogP contribution in [0, 0.1) is 0 Å². The van der Waals surface area contributed by atoms with Crippen LogP contribution in [0.15, 0.2) is 61.2 Å². The average molecular weight is 465 g/mol. The van der Waals surface area contributed by atoms with E-state index in [1.165, 1.54) is 0 Å². The topological polar surface area (TPSA) is 60.9 Å². The van der Waals surface area contributed by atoms with E-state index in [0.29, 0.717) is 31.2 Å². The molecule has 7 heteroatoms. The van der Waals surface area contributed by atoms with Crippen molar-refractivity contribution in [3.8, 4) is 11.5 Å². The summed E-state index contributed by atoms with van der Waals surface area (Å²) in [6.45, 7) is 5.81. The highest BCUT2D eigenvalue weighted by atomic mass is 32.1. The fourth-order valence-corrected chi connectivity index (χ4v) is 4.64. The number of methoxy groups -OCH3 is 1. The summed E-state index contributed by atoms with van der Waals surface area (Å²) < 4.78 is 18.0. The van der Waals surface area contributed by atoms with E-state index in [9.17, 15) is 4.79 Å². The molecule has 4 rings (SSSR count). The van der Waals surface area contributed by atoms with Gasteiger partial charge in [0.15, 0.2) is 11.5 Å².